The van der Waals surface area contributed by atoms with E-state index in [1.54, 1.807) is 0 Å². The number of hydrogen-bond donors (Lipinski definition) is 3. The van der Waals surface area contributed by atoms with Crippen molar-refractivity contribution in [3.8, 4) is 17.2 Å². The van der Waals surface area contributed by atoms with Crippen molar-refractivity contribution >= 4 is 0 Å². The summed E-state index contributed by atoms with van der Waals surface area (Å²) in [5.74, 6) is 0.572. The molecule has 0 spiro atoms. The van der Waals surface area contributed by atoms with Gasteiger partial charge in [-0.3, -0.25) is 0 Å². The second-order valence-electron chi connectivity index (χ2n) is 17.1. The highest BCUT2D eigenvalue weighted by molar-refractivity contribution is 5.63. The molecule has 0 heterocycles. The molecule has 0 fully saturated rings. The summed E-state index contributed by atoms with van der Waals surface area (Å²) < 4.78 is 0. The Labute approximate surface area is 281 Å². The van der Waals surface area contributed by atoms with Crippen LogP contribution >= 0.6 is 0 Å². The number of aromatic hydroxyl groups is 3. The zero-order valence-corrected chi connectivity index (χ0v) is 31.7. The molecule has 0 amide bonds. The van der Waals surface area contributed by atoms with Crippen molar-refractivity contribution in [1.29, 1.82) is 0 Å². The zero-order valence-electron chi connectivity index (χ0n) is 31.7. The van der Waals surface area contributed by atoms with Gasteiger partial charge in [-0.2, -0.15) is 0 Å². The van der Waals surface area contributed by atoms with Crippen molar-refractivity contribution in [1.82, 2.24) is 0 Å². The number of benzene rings is 3. The van der Waals surface area contributed by atoms with Gasteiger partial charge in [0.05, 0.1) is 0 Å². The van der Waals surface area contributed by atoms with Crippen LogP contribution in [0.25, 0.3) is 0 Å². The lowest BCUT2D eigenvalue weighted by Gasteiger charge is -2.32. The van der Waals surface area contributed by atoms with E-state index in [0.717, 1.165) is 69.3 Å². The Morgan fingerprint density at radius 2 is 0.609 bits per heavy atom. The van der Waals surface area contributed by atoms with Crippen LogP contribution in [-0.4, -0.2) is 15.3 Å². The summed E-state index contributed by atoms with van der Waals surface area (Å²) in [5.41, 5.74) is 7.79. The van der Waals surface area contributed by atoms with E-state index in [0.29, 0.717) is 0 Å². The molecule has 3 N–H and O–H groups in total. The molecule has 0 radical (unpaired) electrons. The number of phenols is 3. The van der Waals surface area contributed by atoms with E-state index in [2.05, 4.69) is 140 Å². The molecule has 3 aromatic rings. The molecule has 0 saturated heterocycles. The third-order valence-corrected chi connectivity index (χ3v) is 10.5. The van der Waals surface area contributed by atoms with Crippen LogP contribution in [0.5, 0.6) is 17.2 Å². The van der Waals surface area contributed by atoms with E-state index in [-0.39, 0.29) is 51.2 Å². The molecule has 0 saturated carbocycles. The molecule has 0 aliphatic rings. The van der Waals surface area contributed by atoms with Crippen molar-refractivity contribution in [3.05, 3.63) is 86.5 Å². The lowest BCUT2D eigenvalue weighted by molar-refractivity contribution is 0.435. The van der Waals surface area contributed by atoms with E-state index < -0.39 is 5.92 Å². The maximum absolute atomic E-state index is 12.3. The summed E-state index contributed by atoms with van der Waals surface area (Å²) >= 11 is 0. The van der Waals surface area contributed by atoms with Crippen molar-refractivity contribution in [2.45, 2.75) is 163 Å². The van der Waals surface area contributed by atoms with Gasteiger partial charge in [0, 0.05) is 22.6 Å². The zero-order chi connectivity index (χ0) is 35.1. The van der Waals surface area contributed by atoms with Gasteiger partial charge in [0.25, 0.3) is 0 Å². The first kappa shape index (κ1) is 37.5. The molecular formula is C43H64O3. The molecule has 0 aliphatic carbocycles. The van der Waals surface area contributed by atoms with Gasteiger partial charge in [0.2, 0.25) is 0 Å². The van der Waals surface area contributed by atoms with Crippen molar-refractivity contribution < 1.29 is 15.3 Å². The minimum absolute atomic E-state index is 0.136. The van der Waals surface area contributed by atoms with Gasteiger partial charge in [0.1, 0.15) is 17.2 Å². The van der Waals surface area contributed by atoms with Gasteiger partial charge in [-0.25, -0.2) is 0 Å². The Balaban J connectivity index is 2.72. The third kappa shape index (κ3) is 7.61. The van der Waals surface area contributed by atoms with Crippen LogP contribution in [0.2, 0.25) is 0 Å². The highest BCUT2D eigenvalue weighted by Crippen LogP contribution is 2.51. The molecule has 0 bridgehead atoms. The van der Waals surface area contributed by atoms with Crippen LogP contribution in [-0.2, 0) is 16.2 Å². The van der Waals surface area contributed by atoms with Crippen LogP contribution in [0.1, 0.15) is 197 Å². The summed E-state index contributed by atoms with van der Waals surface area (Å²) in [6.07, 6.45) is 2.66. The lowest BCUT2D eigenvalue weighted by atomic mass is 9.73. The smallest absolute Gasteiger partial charge is 0.123 e. The first-order valence-electron chi connectivity index (χ1n) is 17.7. The Bertz CT molecular complexity index is 1340. The maximum atomic E-state index is 12.3. The van der Waals surface area contributed by atoms with E-state index >= 15 is 0 Å². The molecule has 0 aliphatic heterocycles. The van der Waals surface area contributed by atoms with E-state index in [1.165, 1.54) is 0 Å². The largest absolute Gasteiger partial charge is 0.507 e. The number of hydrogen-bond acceptors (Lipinski definition) is 3. The van der Waals surface area contributed by atoms with Crippen molar-refractivity contribution in [2.24, 2.45) is 0 Å². The topological polar surface area (TPSA) is 60.7 Å². The first-order chi connectivity index (χ1) is 21.1. The summed E-state index contributed by atoms with van der Waals surface area (Å²) in [5, 5.41) is 36.9. The Morgan fingerprint density at radius 3 is 0.783 bits per heavy atom. The SMILES string of the molecule is CCC(C)c1cc(C(C)(C)C)cc(C(c2cc(C(C)(C)C)cc(C(C)CC)c2O)c2cc(C(C)(C)C)cc(C(C)CC)c2O)c1O. The summed E-state index contributed by atoms with van der Waals surface area (Å²) in [4.78, 5) is 0. The Morgan fingerprint density at radius 1 is 0.413 bits per heavy atom. The van der Waals surface area contributed by atoms with Gasteiger partial charge < -0.3 is 15.3 Å². The summed E-state index contributed by atoms with van der Waals surface area (Å²) in [6.45, 7) is 32.8. The number of rotatable bonds is 9. The average molecular weight is 629 g/mol. The quantitative estimate of drug-likeness (QED) is 0.207. The number of phenolic OH excluding ortho intramolecular Hbond substituents is 3. The summed E-state index contributed by atoms with van der Waals surface area (Å²) in [7, 11) is 0. The highest BCUT2D eigenvalue weighted by atomic mass is 16.3. The van der Waals surface area contributed by atoms with Gasteiger partial charge >= 0.3 is 0 Å². The Hall–Kier alpha value is -2.94. The van der Waals surface area contributed by atoms with Gasteiger partial charge in [0.15, 0.2) is 0 Å². The average Bonchev–Trinajstić information content (AvgIpc) is 2.96. The maximum Gasteiger partial charge on any atom is 0.123 e. The minimum Gasteiger partial charge on any atom is -0.507 e. The van der Waals surface area contributed by atoms with Crippen LogP contribution in [0.4, 0.5) is 0 Å². The fraction of sp³-hybridized carbons (Fsp3) is 0.581. The molecule has 46 heavy (non-hydrogen) atoms. The Kier molecular flexibility index (Phi) is 11.1. The molecule has 254 valence electrons. The molecule has 0 aromatic heterocycles. The first-order valence-corrected chi connectivity index (χ1v) is 17.7. The fourth-order valence-electron chi connectivity index (χ4n) is 6.29. The molecule has 3 atom stereocenters. The standard InChI is InChI=1S/C43H64O3/c1-16-25(4)31-19-28(41(7,8)9)22-34(38(31)44)37(35-23-29(42(10,11)12)20-32(39(35)45)26(5)17-2)36-24-30(43(13,14)15)21-33(40(36)46)27(6)18-3/h19-27,37,44-46H,16-18H2,1-15H3. The van der Waals surface area contributed by atoms with Crippen molar-refractivity contribution in [3.63, 3.8) is 0 Å². The van der Waals surface area contributed by atoms with E-state index in [9.17, 15) is 15.3 Å². The predicted molar refractivity (Wildman–Crippen MR) is 197 cm³/mol. The summed E-state index contributed by atoms with van der Waals surface area (Å²) in [6, 6.07) is 12.9. The van der Waals surface area contributed by atoms with Crippen molar-refractivity contribution in [2.75, 3.05) is 0 Å². The van der Waals surface area contributed by atoms with Crippen LogP contribution < -0.4 is 0 Å². The molecule has 3 heteroatoms. The monoisotopic (exact) mass is 628 g/mol. The fourth-order valence-corrected chi connectivity index (χ4v) is 6.29. The second kappa shape index (κ2) is 13.7. The molecule has 3 aromatic carbocycles. The molecular weight excluding hydrogens is 564 g/mol. The van der Waals surface area contributed by atoms with Gasteiger partial charge in [-0.05, 0) is 86.6 Å². The normalized spacial score (nSPS) is 15.5. The highest BCUT2D eigenvalue weighted by Gasteiger charge is 2.34. The van der Waals surface area contributed by atoms with Crippen LogP contribution in [0.15, 0.2) is 36.4 Å². The second-order valence-corrected chi connectivity index (χ2v) is 17.1. The lowest BCUT2D eigenvalue weighted by Crippen LogP contribution is -2.18. The molecule has 3 nitrogen and oxygen atoms in total. The van der Waals surface area contributed by atoms with E-state index in [1.807, 2.05) is 0 Å². The molecule has 3 rings (SSSR count). The van der Waals surface area contributed by atoms with Crippen LogP contribution in [0.3, 0.4) is 0 Å². The minimum atomic E-state index is -0.597. The third-order valence-electron chi connectivity index (χ3n) is 10.5. The van der Waals surface area contributed by atoms with E-state index in [4.69, 9.17) is 0 Å². The van der Waals surface area contributed by atoms with Crippen LogP contribution in [0, 0.1) is 0 Å². The van der Waals surface area contributed by atoms with Gasteiger partial charge in [-0.1, -0.05) is 140 Å². The molecule has 3 unspecified atom stereocenters. The van der Waals surface area contributed by atoms with Gasteiger partial charge in [-0.15, -0.1) is 0 Å². The predicted octanol–water partition coefficient (Wildman–Crippen LogP) is 12.4.